The number of rotatable bonds is 3. The standard InChI is InChI=1S/C12H16/c1-3-5-8-12-10-7-6-9-11(12)4-2/h3,5-7,9-10H,4,8H2,1-2H3. The fourth-order valence-electron chi connectivity index (χ4n) is 1.35. The van der Waals surface area contributed by atoms with E-state index in [0.717, 1.165) is 12.8 Å². The third-order valence-corrected chi connectivity index (χ3v) is 2.07. The zero-order chi connectivity index (χ0) is 8.81. The van der Waals surface area contributed by atoms with Gasteiger partial charge >= 0.3 is 0 Å². The first-order valence-electron chi connectivity index (χ1n) is 4.56. The van der Waals surface area contributed by atoms with Crippen LogP contribution in [0.3, 0.4) is 0 Å². The predicted octanol–water partition coefficient (Wildman–Crippen LogP) is 3.37. The minimum absolute atomic E-state index is 1.07. The Bertz CT molecular complexity index is 258. The minimum Gasteiger partial charge on any atom is -0.0913 e. The van der Waals surface area contributed by atoms with Gasteiger partial charge in [0.25, 0.3) is 0 Å². The molecule has 1 aromatic carbocycles. The van der Waals surface area contributed by atoms with Crippen LogP contribution in [-0.2, 0) is 12.8 Å². The molecule has 64 valence electrons. The second kappa shape index (κ2) is 4.76. The van der Waals surface area contributed by atoms with Crippen molar-refractivity contribution in [1.82, 2.24) is 0 Å². The van der Waals surface area contributed by atoms with Crippen LogP contribution in [0.15, 0.2) is 36.4 Å². The zero-order valence-corrected chi connectivity index (χ0v) is 7.88. The SMILES string of the molecule is CC=CCc1ccccc1CC. The van der Waals surface area contributed by atoms with E-state index in [1.54, 1.807) is 0 Å². The molecule has 0 heterocycles. The van der Waals surface area contributed by atoms with Gasteiger partial charge in [-0.25, -0.2) is 0 Å². The molecule has 0 unspecified atom stereocenters. The summed E-state index contributed by atoms with van der Waals surface area (Å²) in [5.41, 5.74) is 2.92. The molecule has 1 rings (SSSR count). The molecule has 0 aliphatic carbocycles. The molecule has 0 amide bonds. The normalized spacial score (nSPS) is 10.8. The van der Waals surface area contributed by atoms with Gasteiger partial charge in [0.1, 0.15) is 0 Å². The van der Waals surface area contributed by atoms with Gasteiger partial charge < -0.3 is 0 Å². The van der Waals surface area contributed by atoms with Crippen LogP contribution in [0.2, 0.25) is 0 Å². The summed E-state index contributed by atoms with van der Waals surface area (Å²) in [5.74, 6) is 0. The molecule has 0 spiro atoms. The van der Waals surface area contributed by atoms with E-state index in [9.17, 15) is 0 Å². The van der Waals surface area contributed by atoms with Crippen molar-refractivity contribution < 1.29 is 0 Å². The van der Waals surface area contributed by atoms with Crippen LogP contribution in [0.1, 0.15) is 25.0 Å². The Morgan fingerprint density at radius 2 is 1.83 bits per heavy atom. The van der Waals surface area contributed by atoms with Gasteiger partial charge in [0.2, 0.25) is 0 Å². The van der Waals surface area contributed by atoms with E-state index in [4.69, 9.17) is 0 Å². The molecule has 0 fully saturated rings. The molecule has 0 N–H and O–H groups in total. The van der Waals surface area contributed by atoms with Crippen LogP contribution in [0.4, 0.5) is 0 Å². The first kappa shape index (κ1) is 9.05. The quantitative estimate of drug-likeness (QED) is 0.595. The van der Waals surface area contributed by atoms with Crippen LogP contribution >= 0.6 is 0 Å². The van der Waals surface area contributed by atoms with Crippen LogP contribution < -0.4 is 0 Å². The lowest BCUT2D eigenvalue weighted by molar-refractivity contribution is 1.08. The Kier molecular flexibility index (Phi) is 3.59. The summed E-state index contributed by atoms with van der Waals surface area (Å²) in [5, 5.41) is 0. The van der Waals surface area contributed by atoms with Crippen molar-refractivity contribution in [2.75, 3.05) is 0 Å². The summed E-state index contributed by atoms with van der Waals surface area (Å²) in [4.78, 5) is 0. The highest BCUT2D eigenvalue weighted by atomic mass is 14.0. The molecule has 0 atom stereocenters. The summed E-state index contributed by atoms with van der Waals surface area (Å²) in [6.07, 6.45) is 6.51. The molecule has 0 aliphatic rings. The summed E-state index contributed by atoms with van der Waals surface area (Å²) < 4.78 is 0. The number of allylic oxidation sites excluding steroid dienone is 2. The van der Waals surface area contributed by atoms with Crippen molar-refractivity contribution in [3.05, 3.63) is 47.5 Å². The Labute approximate surface area is 74.9 Å². The molecular formula is C12H16. The molecule has 0 saturated carbocycles. The van der Waals surface area contributed by atoms with Crippen molar-refractivity contribution >= 4 is 0 Å². The Morgan fingerprint density at radius 3 is 2.42 bits per heavy atom. The predicted molar refractivity (Wildman–Crippen MR) is 54.3 cm³/mol. The lowest BCUT2D eigenvalue weighted by Crippen LogP contribution is -1.89. The Balaban J connectivity index is 2.81. The molecule has 12 heavy (non-hydrogen) atoms. The summed E-state index contributed by atoms with van der Waals surface area (Å²) in [6, 6.07) is 8.63. The molecule has 0 radical (unpaired) electrons. The molecule has 0 aromatic heterocycles. The van der Waals surface area contributed by atoms with E-state index in [1.807, 2.05) is 0 Å². The van der Waals surface area contributed by atoms with Crippen LogP contribution in [-0.4, -0.2) is 0 Å². The molecule has 1 aromatic rings. The number of aryl methyl sites for hydroxylation is 1. The van der Waals surface area contributed by atoms with E-state index in [1.165, 1.54) is 11.1 Å². The second-order valence-corrected chi connectivity index (χ2v) is 2.90. The maximum atomic E-state index is 2.21. The largest absolute Gasteiger partial charge is 0.0913 e. The zero-order valence-electron chi connectivity index (χ0n) is 7.88. The van der Waals surface area contributed by atoms with Gasteiger partial charge in [-0.1, -0.05) is 43.3 Å². The van der Waals surface area contributed by atoms with E-state index < -0.39 is 0 Å². The minimum atomic E-state index is 1.07. The fourth-order valence-corrected chi connectivity index (χ4v) is 1.35. The molecule has 0 heteroatoms. The average molecular weight is 160 g/mol. The van der Waals surface area contributed by atoms with Crippen molar-refractivity contribution in [1.29, 1.82) is 0 Å². The highest BCUT2D eigenvalue weighted by Gasteiger charge is 1.95. The summed E-state index contributed by atoms with van der Waals surface area (Å²) in [6.45, 7) is 4.27. The average Bonchev–Trinajstić information content (AvgIpc) is 2.15. The number of hydrogen-bond acceptors (Lipinski definition) is 0. The second-order valence-electron chi connectivity index (χ2n) is 2.90. The van der Waals surface area contributed by atoms with E-state index in [-0.39, 0.29) is 0 Å². The number of hydrogen-bond donors (Lipinski definition) is 0. The molecule has 0 nitrogen and oxygen atoms in total. The van der Waals surface area contributed by atoms with Gasteiger partial charge in [-0.05, 0) is 30.9 Å². The van der Waals surface area contributed by atoms with E-state index in [0.29, 0.717) is 0 Å². The van der Waals surface area contributed by atoms with Crippen molar-refractivity contribution in [2.24, 2.45) is 0 Å². The van der Waals surface area contributed by atoms with Gasteiger partial charge in [-0.15, -0.1) is 0 Å². The molecule has 0 saturated heterocycles. The lowest BCUT2D eigenvalue weighted by Gasteiger charge is -2.03. The van der Waals surface area contributed by atoms with Crippen LogP contribution in [0, 0.1) is 0 Å². The first-order valence-corrected chi connectivity index (χ1v) is 4.56. The maximum absolute atomic E-state index is 2.21. The highest BCUT2D eigenvalue weighted by Crippen LogP contribution is 2.10. The summed E-state index contributed by atoms with van der Waals surface area (Å²) in [7, 11) is 0. The van der Waals surface area contributed by atoms with Gasteiger partial charge in [-0.2, -0.15) is 0 Å². The van der Waals surface area contributed by atoms with Gasteiger partial charge in [0, 0.05) is 0 Å². The molecule has 0 aliphatic heterocycles. The van der Waals surface area contributed by atoms with Gasteiger partial charge in [0.05, 0.1) is 0 Å². The third-order valence-electron chi connectivity index (χ3n) is 2.07. The maximum Gasteiger partial charge on any atom is -0.00948 e. The Hall–Kier alpha value is -1.04. The van der Waals surface area contributed by atoms with Gasteiger partial charge in [-0.3, -0.25) is 0 Å². The lowest BCUT2D eigenvalue weighted by atomic mass is 10.0. The first-order chi connectivity index (χ1) is 5.88. The third kappa shape index (κ3) is 2.23. The molecular weight excluding hydrogens is 144 g/mol. The van der Waals surface area contributed by atoms with Crippen molar-refractivity contribution in [3.8, 4) is 0 Å². The summed E-state index contributed by atoms with van der Waals surface area (Å²) >= 11 is 0. The fraction of sp³-hybridized carbons (Fsp3) is 0.333. The van der Waals surface area contributed by atoms with Crippen LogP contribution in [0.5, 0.6) is 0 Å². The topological polar surface area (TPSA) is 0 Å². The van der Waals surface area contributed by atoms with Crippen molar-refractivity contribution in [3.63, 3.8) is 0 Å². The highest BCUT2D eigenvalue weighted by molar-refractivity contribution is 5.28. The Morgan fingerprint density at radius 1 is 1.17 bits per heavy atom. The van der Waals surface area contributed by atoms with Crippen LogP contribution in [0.25, 0.3) is 0 Å². The smallest absolute Gasteiger partial charge is 0.00948 e. The van der Waals surface area contributed by atoms with E-state index in [2.05, 4.69) is 50.3 Å². The van der Waals surface area contributed by atoms with Crippen molar-refractivity contribution in [2.45, 2.75) is 26.7 Å². The van der Waals surface area contributed by atoms with E-state index >= 15 is 0 Å². The molecule has 0 bridgehead atoms. The monoisotopic (exact) mass is 160 g/mol. The van der Waals surface area contributed by atoms with Gasteiger partial charge in [0.15, 0.2) is 0 Å². The number of benzene rings is 1.